The fourth-order valence-corrected chi connectivity index (χ4v) is 1.37. The molecule has 0 bridgehead atoms. The zero-order valence-electron chi connectivity index (χ0n) is 10.5. The molecule has 1 rings (SSSR count). The van der Waals surface area contributed by atoms with Crippen LogP contribution in [0, 0.1) is 5.82 Å². The summed E-state index contributed by atoms with van der Waals surface area (Å²) in [6.45, 7) is 5.14. The number of ether oxygens (including phenoxy) is 1. The Hall–Kier alpha value is -1.43. The summed E-state index contributed by atoms with van der Waals surface area (Å²) < 4.78 is 18.5. The third-order valence-electron chi connectivity index (χ3n) is 2.28. The Bertz CT molecular complexity index is 348. The molecule has 0 spiro atoms. The lowest BCUT2D eigenvalue weighted by Crippen LogP contribution is -2.25. The van der Waals surface area contributed by atoms with Crippen molar-refractivity contribution in [2.45, 2.75) is 26.3 Å². The summed E-state index contributed by atoms with van der Waals surface area (Å²) in [7, 11) is 1.62. The van der Waals surface area contributed by atoms with Crippen molar-refractivity contribution in [3.8, 4) is 0 Å². The van der Waals surface area contributed by atoms with Crippen molar-refractivity contribution in [2.75, 3.05) is 30.9 Å². The van der Waals surface area contributed by atoms with E-state index in [1.807, 2.05) is 13.8 Å². The molecule has 1 heterocycles. The third-order valence-corrected chi connectivity index (χ3v) is 2.28. The van der Waals surface area contributed by atoms with Crippen LogP contribution in [0.2, 0.25) is 0 Å². The molecule has 0 aliphatic carbocycles. The minimum atomic E-state index is -0.457. The fraction of sp³-hybridized carbons (Fsp3) is 0.636. The van der Waals surface area contributed by atoms with Crippen LogP contribution in [0.15, 0.2) is 6.20 Å². The Balaban J connectivity index is 2.76. The monoisotopic (exact) mass is 242 g/mol. The summed E-state index contributed by atoms with van der Waals surface area (Å²) in [6.07, 6.45) is 1.99. The van der Waals surface area contributed by atoms with Gasteiger partial charge >= 0.3 is 0 Å². The number of nitrogens with zero attached hydrogens (tertiary/aromatic N) is 2. The Kier molecular flexibility index (Phi) is 5.62. The lowest BCUT2D eigenvalue weighted by Gasteiger charge is -2.17. The zero-order chi connectivity index (χ0) is 12.7. The van der Waals surface area contributed by atoms with E-state index in [0.29, 0.717) is 19.1 Å². The highest BCUT2D eigenvalue weighted by Crippen LogP contribution is 2.13. The molecule has 0 aliphatic heterocycles. The molecule has 6 heteroatoms. The Labute approximate surface area is 101 Å². The smallest absolute Gasteiger partial charge is 0.224 e. The van der Waals surface area contributed by atoms with Gasteiger partial charge in [-0.15, -0.1) is 0 Å². The second-order valence-corrected chi connectivity index (χ2v) is 3.63. The molecule has 2 N–H and O–H groups in total. The molecular weight excluding hydrogens is 223 g/mol. The maximum Gasteiger partial charge on any atom is 0.224 e. The van der Waals surface area contributed by atoms with Crippen molar-refractivity contribution in [2.24, 2.45) is 0 Å². The molecule has 1 aromatic rings. The highest BCUT2D eigenvalue weighted by Gasteiger charge is 2.11. The van der Waals surface area contributed by atoms with Gasteiger partial charge in [0.2, 0.25) is 5.95 Å². The van der Waals surface area contributed by atoms with E-state index in [0.717, 1.165) is 12.6 Å². The summed E-state index contributed by atoms with van der Waals surface area (Å²) in [5, 5.41) is 5.94. The SMILES string of the molecule is CCNc1ncc(F)c(NC(CC)COC)n1. The number of nitrogens with one attached hydrogen (secondary N) is 2. The number of hydrogen-bond acceptors (Lipinski definition) is 5. The Morgan fingerprint density at radius 2 is 2.24 bits per heavy atom. The highest BCUT2D eigenvalue weighted by molar-refractivity contribution is 5.41. The van der Waals surface area contributed by atoms with Gasteiger partial charge in [-0.05, 0) is 13.3 Å². The van der Waals surface area contributed by atoms with Gasteiger partial charge in [-0.3, -0.25) is 0 Å². The maximum absolute atomic E-state index is 13.5. The molecule has 0 radical (unpaired) electrons. The number of aromatic nitrogens is 2. The molecule has 17 heavy (non-hydrogen) atoms. The van der Waals surface area contributed by atoms with Gasteiger partial charge in [-0.1, -0.05) is 6.92 Å². The minimum Gasteiger partial charge on any atom is -0.383 e. The maximum atomic E-state index is 13.5. The van der Waals surface area contributed by atoms with Crippen molar-refractivity contribution in [3.63, 3.8) is 0 Å². The molecule has 1 atom stereocenters. The average Bonchev–Trinajstić information content (AvgIpc) is 2.33. The van der Waals surface area contributed by atoms with Crippen molar-refractivity contribution in [3.05, 3.63) is 12.0 Å². The summed E-state index contributed by atoms with van der Waals surface area (Å²) in [5.41, 5.74) is 0. The van der Waals surface area contributed by atoms with Crippen molar-refractivity contribution in [1.29, 1.82) is 0 Å². The zero-order valence-corrected chi connectivity index (χ0v) is 10.5. The van der Waals surface area contributed by atoms with E-state index in [9.17, 15) is 4.39 Å². The lowest BCUT2D eigenvalue weighted by molar-refractivity contribution is 0.184. The van der Waals surface area contributed by atoms with Gasteiger partial charge in [-0.2, -0.15) is 4.98 Å². The fourth-order valence-electron chi connectivity index (χ4n) is 1.37. The van der Waals surface area contributed by atoms with E-state index in [1.54, 1.807) is 7.11 Å². The van der Waals surface area contributed by atoms with E-state index in [1.165, 1.54) is 0 Å². The Morgan fingerprint density at radius 1 is 1.47 bits per heavy atom. The van der Waals surface area contributed by atoms with Crippen LogP contribution in [-0.2, 0) is 4.74 Å². The second-order valence-electron chi connectivity index (χ2n) is 3.63. The van der Waals surface area contributed by atoms with E-state index in [4.69, 9.17) is 4.74 Å². The largest absolute Gasteiger partial charge is 0.383 e. The average molecular weight is 242 g/mol. The van der Waals surface area contributed by atoms with Crippen molar-refractivity contribution in [1.82, 2.24) is 9.97 Å². The quantitative estimate of drug-likeness (QED) is 0.764. The van der Waals surface area contributed by atoms with Crippen LogP contribution in [0.25, 0.3) is 0 Å². The molecule has 0 fully saturated rings. The van der Waals surface area contributed by atoms with Gasteiger partial charge in [0.1, 0.15) is 0 Å². The van der Waals surface area contributed by atoms with Crippen LogP contribution in [0.4, 0.5) is 16.2 Å². The first-order chi connectivity index (χ1) is 8.21. The van der Waals surface area contributed by atoms with Gasteiger partial charge < -0.3 is 15.4 Å². The molecule has 0 saturated carbocycles. The normalized spacial score (nSPS) is 12.2. The highest BCUT2D eigenvalue weighted by atomic mass is 19.1. The first-order valence-electron chi connectivity index (χ1n) is 5.73. The number of rotatable bonds is 7. The topological polar surface area (TPSA) is 59.1 Å². The van der Waals surface area contributed by atoms with Crippen molar-refractivity contribution < 1.29 is 9.13 Å². The molecule has 1 aromatic heterocycles. The van der Waals surface area contributed by atoms with E-state index in [2.05, 4.69) is 20.6 Å². The summed E-state index contributed by atoms with van der Waals surface area (Å²) >= 11 is 0. The van der Waals surface area contributed by atoms with Gasteiger partial charge in [0.15, 0.2) is 11.6 Å². The molecule has 0 saturated heterocycles. The molecular formula is C11H19FN4O. The first-order valence-corrected chi connectivity index (χ1v) is 5.73. The van der Waals surface area contributed by atoms with Crippen LogP contribution in [0.3, 0.4) is 0 Å². The van der Waals surface area contributed by atoms with E-state index >= 15 is 0 Å². The number of halogens is 1. The van der Waals surface area contributed by atoms with Crippen LogP contribution in [0.5, 0.6) is 0 Å². The standard InChI is InChI=1S/C11H19FN4O/c1-4-8(7-17-3)15-10-9(12)6-14-11(16-10)13-5-2/h6,8H,4-5,7H2,1-3H3,(H2,13,14,15,16). The predicted molar refractivity (Wildman–Crippen MR) is 65.7 cm³/mol. The second kappa shape index (κ2) is 7.01. The number of anilines is 2. The van der Waals surface area contributed by atoms with Crippen molar-refractivity contribution >= 4 is 11.8 Å². The summed E-state index contributed by atoms with van der Waals surface area (Å²) in [6, 6.07) is 0.0406. The molecule has 0 aliphatic rings. The third kappa shape index (κ3) is 4.14. The van der Waals surface area contributed by atoms with Crippen LogP contribution >= 0.6 is 0 Å². The van der Waals surface area contributed by atoms with Gasteiger partial charge in [0.25, 0.3) is 0 Å². The van der Waals surface area contributed by atoms with E-state index < -0.39 is 5.82 Å². The van der Waals surface area contributed by atoms with Crippen LogP contribution in [0.1, 0.15) is 20.3 Å². The molecule has 0 aromatic carbocycles. The number of methoxy groups -OCH3 is 1. The van der Waals surface area contributed by atoms with Gasteiger partial charge in [-0.25, -0.2) is 9.37 Å². The van der Waals surface area contributed by atoms with Gasteiger partial charge in [0.05, 0.1) is 18.8 Å². The van der Waals surface area contributed by atoms with Gasteiger partial charge in [0, 0.05) is 13.7 Å². The lowest BCUT2D eigenvalue weighted by atomic mass is 10.2. The summed E-state index contributed by atoms with van der Waals surface area (Å²) in [5.74, 6) is 0.171. The first kappa shape index (κ1) is 13.6. The molecule has 5 nitrogen and oxygen atoms in total. The molecule has 1 unspecified atom stereocenters. The molecule has 0 amide bonds. The van der Waals surface area contributed by atoms with E-state index in [-0.39, 0.29) is 11.9 Å². The van der Waals surface area contributed by atoms with Crippen LogP contribution in [-0.4, -0.2) is 36.3 Å². The summed E-state index contributed by atoms with van der Waals surface area (Å²) in [4.78, 5) is 7.91. The Morgan fingerprint density at radius 3 is 2.82 bits per heavy atom. The molecule has 96 valence electrons. The number of hydrogen-bond donors (Lipinski definition) is 2. The predicted octanol–water partition coefficient (Wildman–Crippen LogP) is 1.88. The van der Waals surface area contributed by atoms with Crippen LogP contribution < -0.4 is 10.6 Å². The minimum absolute atomic E-state index is 0.0406.